The maximum Gasteiger partial charge on any atom is 0.0642 e. The molecule has 0 radical (unpaired) electrons. The molecule has 0 saturated heterocycles. The van der Waals surface area contributed by atoms with E-state index in [9.17, 15) is 0 Å². The number of hydrogen-bond acceptors (Lipinski definition) is 3. The average molecular weight is 147 g/mol. The minimum Gasteiger partial charge on any atom is -0.322 e. The van der Waals surface area contributed by atoms with Gasteiger partial charge in [0.1, 0.15) is 0 Å². The lowest BCUT2D eigenvalue weighted by Gasteiger charge is -2.04. The van der Waals surface area contributed by atoms with Gasteiger partial charge in [0, 0.05) is 6.20 Å². The molecule has 0 saturated carbocycles. The predicted molar refractivity (Wildman–Crippen MR) is 41.4 cm³/mol. The summed E-state index contributed by atoms with van der Waals surface area (Å²) < 4.78 is 0. The summed E-state index contributed by atoms with van der Waals surface area (Å²) in [6.07, 6.45) is 1.99. The lowest BCUT2D eigenvalue weighted by Crippen LogP contribution is -2.10. The molecule has 11 heavy (non-hydrogen) atoms. The molecule has 1 aromatic rings. The zero-order chi connectivity index (χ0) is 8.10. The Labute approximate surface area is 65.5 Å². The van der Waals surface area contributed by atoms with Gasteiger partial charge in [-0.15, -0.1) is 0 Å². The third-order valence-corrected chi connectivity index (χ3v) is 1.38. The van der Waals surface area contributed by atoms with Gasteiger partial charge in [0.25, 0.3) is 0 Å². The van der Waals surface area contributed by atoms with Gasteiger partial charge in [-0.3, -0.25) is 4.98 Å². The molecule has 3 nitrogen and oxygen atoms in total. The highest BCUT2D eigenvalue weighted by atomic mass is 14.8. The minimum atomic E-state index is -0.249. The number of nitrogens with zero attached hydrogens (tertiary/aromatic N) is 2. The van der Waals surface area contributed by atoms with Gasteiger partial charge >= 0.3 is 0 Å². The van der Waals surface area contributed by atoms with Crippen molar-refractivity contribution in [2.75, 3.05) is 0 Å². The van der Waals surface area contributed by atoms with Crippen LogP contribution in [0.15, 0.2) is 24.4 Å². The number of aromatic nitrogens is 1. The van der Waals surface area contributed by atoms with E-state index in [2.05, 4.69) is 4.98 Å². The van der Waals surface area contributed by atoms with E-state index in [-0.39, 0.29) is 6.04 Å². The van der Waals surface area contributed by atoms with Crippen LogP contribution in [0, 0.1) is 11.3 Å². The molecule has 0 aliphatic carbocycles. The van der Waals surface area contributed by atoms with Crippen LogP contribution in [0.5, 0.6) is 0 Å². The molecule has 3 heteroatoms. The van der Waals surface area contributed by atoms with Crippen molar-refractivity contribution in [2.24, 2.45) is 5.73 Å². The Kier molecular flexibility index (Phi) is 2.59. The van der Waals surface area contributed by atoms with Crippen molar-refractivity contribution in [1.82, 2.24) is 4.98 Å². The molecule has 1 aromatic heterocycles. The number of rotatable bonds is 2. The summed E-state index contributed by atoms with van der Waals surface area (Å²) in [6.45, 7) is 0. The number of hydrogen-bond donors (Lipinski definition) is 1. The molecule has 0 aliphatic heterocycles. The Bertz CT molecular complexity index is 250. The van der Waals surface area contributed by atoms with Gasteiger partial charge in [-0.1, -0.05) is 6.07 Å². The first-order chi connectivity index (χ1) is 5.34. The quantitative estimate of drug-likeness (QED) is 0.678. The summed E-state index contributed by atoms with van der Waals surface area (Å²) >= 11 is 0. The first kappa shape index (κ1) is 7.70. The van der Waals surface area contributed by atoms with Gasteiger partial charge in [0.2, 0.25) is 0 Å². The molecule has 0 fully saturated rings. The maximum atomic E-state index is 8.34. The Hall–Kier alpha value is -1.40. The van der Waals surface area contributed by atoms with Crippen LogP contribution in [0.3, 0.4) is 0 Å². The molecule has 2 N–H and O–H groups in total. The normalized spacial score (nSPS) is 12.0. The molecular weight excluding hydrogens is 138 g/mol. The van der Waals surface area contributed by atoms with Crippen LogP contribution in [0.2, 0.25) is 0 Å². The van der Waals surface area contributed by atoms with E-state index in [0.717, 1.165) is 5.69 Å². The molecule has 0 aromatic carbocycles. The van der Waals surface area contributed by atoms with Crippen molar-refractivity contribution in [3.8, 4) is 6.07 Å². The molecule has 0 bridgehead atoms. The van der Waals surface area contributed by atoms with Crippen molar-refractivity contribution in [2.45, 2.75) is 12.5 Å². The molecule has 56 valence electrons. The molecule has 1 heterocycles. The van der Waals surface area contributed by atoms with E-state index >= 15 is 0 Å². The van der Waals surface area contributed by atoms with E-state index in [1.54, 1.807) is 6.20 Å². The number of nitriles is 1. The molecule has 0 amide bonds. The lowest BCUT2D eigenvalue weighted by molar-refractivity contribution is 0.720. The fourth-order valence-electron chi connectivity index (χ4n) is 0.798. The van der Waals surface area contributed by atoms with Crippen molar-refractivity contribution in [3.63, 3.8) is 0 Å². The third-order valence-electron chi connectivity index (χ3n) is 1.38. The second-order valence-electron chi connectivity index (χ2n) is 2.22. The first-order valence-corrected chi connectivity index (χ1v) is 3.38. The Morgan fingerprint density at radius 3 is 3.00 bits per heavy atom. The Balaban J connectivity index is 2.70. The van der Waals surface area contributed by atoms with Gasteiger partial charge < -0.3 is 5.73 Å². The topological polar surface area (TPSA) is 62.7 Å². The smallest absolute Gasteiger partial charge is 0.0642 e. The van der Waals surface area contributed by atoms with Crippen LogP contribution in [-0.4, -0.2) is 4.98 Å². The van der Waals surface area contributed by atoms with Gasteiger partial charge in [0.15, 0.2) is 0 Å². The van der Waals surface area contributed by atoms with Gasteiger partial charge in [-0.25, -0.2) is 0 Å². The Morgan fingerprint density at radius 1 is 1.64 bits per heavy atom. The predicted octanol–water partition coefficient (Wildman–Crippen LogP) is 0.995. The number of nitrogens with two attached hydrogens (primary N) is 1. The molecule has 0 spiro atoms. The van der Waals surface area contributed by atoms with Crippen molar-refractivity contribution in [1.29, 1.82) is 5.26 Å². The van der Waals surface area contributed by atoms with E-state index in [0.29, 0.717) is 6.42 Å². The monoisotopic (exact) mass is 147 g/mol. The summed E-state index contributed by atoms with van der Waals surface area (Å²) in [7, 11) is 0. The standard InChI is InChI=1S/C8H9N3/c9-5-4-7(10)8-3-1-2-6-11-8/h1-3,6-7H,4,10H2/t7-/m1/s1. The highest BCUT2D eigenvalue weighted by Gasteiger charge is 2.04. The SMILES string of the molecule is N#CC[C@@H](N)c1ccccn1. The summed E-state index contributed by atoms with van der Waals surface area (Å²) in [5, 5.41) is 8.34. The molecule has 0 aliphatic rings. The molecule has 0 unspecified atom stereocenters. The van der Waals surface area contributed by atoms with Crippen LogP contribution in [0.4, 0.5) is 0 Å². The third kappa shape index (κ3) is 2.03. The molecular formula is C8H9N3. The first-order valence-electron chi connectivity index (χ1n) is 3.38. The fourth-order valence-corrected chi connectivity index (χ4v) is 0.798. The summed E-state index contributed by atoms with van der Waals surface area (Å²) in [5.74, 6) is 0. The molecule has 1 rings (SSSR count). The van der Waals surface area contributed by atoms with Crippen molar-refractivity contribution in [3.05, 3.63) is 30.1 Å². The summed E-state index contributed by atoms with van der Waals surface area (Å²) in [6, 6.07) is 7.26. The van der Waals surface area contributed by atoms with Gasteiger partial charge in [0.05, 0.1) is 24.2 Å². The number of pyridine rings is 1. The van der Waals surface area contributed by atoms with Crippen LogP contribution in [0.1, 0.15) is 18.2 Å². The van der Waals surface area contributed by atoms with E-state index in [4.69, 9.17) is 11.0 Å². The molecule has 1 atom stereocenters. The fraction of sp³-hybridized carbons (Fsp3) is 0.250. The van der Waals surface area contributed by atoms with E-state index < -0.39 is 0 Å². The van der Waals surface area contributed by atoms with E-state index in [1.165, 1.54) is 0 Å². The highest BCUT2D eigenvalue weighted by Crippen LogP contribution is 2.08. The minimum absolute atomic E-state index is 0.249. The van der Waals surface area contributed by atoms with Crippen molar-refractivity contribution >= 4 is 0 Å². The largest absolute Gasteiger partial charge is 0.322 e. The summed E-state index contributed by atoms with van der Waals surface area (Å²) in [5.41, 5.74) is 6.39. The van der Waals surface area contributed by atoms with Crippen LogP contribution < -0.4 is 5.73 Å². The average Bonchev–Trinajstić information content (AvgIpc) is 2.07. The Morgan fingerprint density at radius 2 is 2.45 bits per heavy atom. The second kappa shape index (κ2) is 3.69. The van der Waals surface area contributed by atoms with Crippen LogP contribution in [-0.2, 0) is 0 Å². The highest BCUT2D eigenvalue weighted by molar-refractivity contribution is 5.09. The zero-order valence-corrected chi connectivity index (χ0v) is 6.07. The van der Waals surface area contributed by atoms with Crippen LogP contribution >= 0.6 is 0 Å². The maximum absolute atomic E-state index is 8.34. The van der Waals surface area contributed by atoms with Gasteiger partial charge in [-0.2, -0.15) is 5.26 Å². The lowest BCUT2D eigenvalue weighted by atomic mass is 10.1. The summed E-state index contributed by atoms with van der Waals surface area (Å²) in [4.78, 5) is 4.02. The second-order valence-corrected chi connectivity index (χ2v) is 2.22. The zero-order valence-electron chi connectivity index (χ0n) is 6.07. The van der Waals surface area contributed by atoms with E-state index in [1.807, 2.05) is 24.3 Å². The van der Waals surface area contributed by atoms with Gasteiger partial charge in [-0.05, 0) is 12.1 Å². The van der Waals surface area contributed by atoms with Crippen LogP contribution in [0.25, 0.3) is 0 Å². The van der Waals surface area contributed by atoms with Crippen molar-refractivity contribution < 1.29 is 0 Å².